The number of aliphatic hydroxyl groups is 1. The molecule has 1 rings (SSSR count). The molecule has 0 spiro atoms. The van der Waals surface area contributed by atoms with E-state index in [2.05, 4.69) is 5.32 Å². The SMILES string of the molecule is CCOC(=O)C1=C(C)NC(C)=C(C(=O)OCC)C1C(C)CCCCO. The molecular weight excluding hydrogens is 322 g/mol. The molecule has 0 aromatic rings. The van der Waals surface area contributed by atoms with Crippen molar-refractivity contribution in [3.8, 4) is 0 Å². The van der Waals surface area contributed by atoms with E-state index in [0.717, 1.165) is 12.8 Å². The number of rotatable bonds is 9. The predicted molar refractivity (Wildman–Crippen MR) is 95.4 cm³/mol. The number of dihydropyridines is 1. The molecule has 1 aliphatic rings. The Labute approximate surface area is 150 Å². The minimum absolute atomic E-state index is 0.0392. The summed E-state index contributed by atoms with van der Waals surface area (Å²) < 4.78 is 10.5. The topological polar surface area (TPSA) is 84.9 Å². The van der Waals surface area contributed by atoms with Gasteiger partial charge < -0.3 is 19.9 Å². The van der Waals surface area contributed by atoms with E-state index < -0.39 is 11.9 Å². The molecule has 1 unspecified atom stereocenters. The zero-order valence-corrected chi connectivity index (χ0v) is 16.0. The predicted octanol–water partition coefficient (Wildman–Crippen LogP) is 2.68. The van der Waals surface area contributed by atoms with E-state index >= 15 is 0 Å². The second-order valence-corrected chi connectivity index (χ2v) is 6.32. The molecule has 1 heterocycles. The molecule has 0 aromatic carbocycles. The third kappa shape index (κ3) is 5.33. The highest BCUT2D eigenvalue weighted by molar-refractivity contribution is 5.97. The highest BCUT2D eigenvalue weighted by Crippen LogP contribution is 2.38. The Morgan fingerprint density at radius 2 is 1.52 bits per heavy atom. The Bertz CT molecular complexity index is 510. The van der Waals surface area contributed by atoms with Crippen LogP contribution < -0.4 is 5.32 Å². The van der Waals surface area contributed by atoms with Crippen LogP contribution in [0.25, 0.3) is 0 Å². The number of nitrogens with one attached hydrogen (secondary N) is 1. The number of allylic oxidation sites excluding steroid dienone is 2. The molecule has 142 valence electrons. The van der Waals surface area contributed by atoms with Gasteiger partial charge in [0.05, 0.1) is 24.4 Å². The maximum Gasteiger partial charge on any atom is 0.336 e. The van der Waals surface area contributed by atoms with E-state index in [4.69, 9.17) is 14.6 Å². The highest BCUT2D eigenvalue weighted by atomic mass is 16.5. The Kier molecular flexibility index (Phi) is 8.69. The standard InChI is InChI=1S/C19H31NO5/c1-6-24-18(22)16-13(4)20-14(5)17(19(23)25-7-2)15(16)12(3)10-8-9-11-21/h12,15,20-21H,6-11H2,1-5H3. The normalized spacial score (nSPS) is 16.6. The minimum atomic E-state index is -0.402. The van der Waals surface area contributed by atoms with Crippen molar-refractivity contribution in [3.63, 3.8) is 0 Å². The van der Waals surface area contributed by atoms with Crippen molar-refractivity contribution in [2.24, 2.45) is 11.8 Å². The highest BCUT2D eigenvalue weighted by Gasteiger charge is 2.39. The number of hydrogen-bond donors (Lipinski definition) is 2. The van der Waals surface area contributed by atoms with Crippen molar-refractivity contribution in [3.05, 3.63) is 22.5 Å². The molecule has 1 aliphatic heterocycles. The van der Waals surface area contributed by atoms with Crippen molar-refractivity contribution in [1.82, 2.24) is 5.32 Å². The lowest BCUT2D eigenvalue weighted by molar-refractivity contribution is -0.140. The van der Waals surface area contributed by atoms with Gasteiger partial charge >= 0.3 is 11.9 Å². The van der Waals surface area contributed by atoms with Crippen LogP contribution in [-0.4, -0.2) is 36.9 Å². The third-order valence-corrected chi connectivity index (χ3v) is 4.43. The third-order valence-electron chi connectivity index (χ3n) is 4.43. The van der Waals surface area contributed by atoms with Crippen molar-refractivity contribution in [1.29, 1.82) is 0 Å². The molecule has 0 saturated carbocycles. The summed E-state index contributed by atoms with van der Waals surface area (Å²) in [5, 5.41) is 12.1. The number of carbonyl (C=O) groups is 2. The van der Waals surface area contributed by atoms with Crippen LogP contribution in [0, 0.1) is 11.8 Å². The fourth-order valence-corrected chi connectivity index (χ4v) is 3.32. The molecule has 0 aromatic heterocycles. The molecule has 0 radical (unpaired) electrons. The molecule has 0 aliphatic carbocycles. The van der Waals surface area contributed by atoms with Crippen LogP contribution in [0.3, 0.4) is 0 Å². The van der Waals surface area contributed by atoms with Gasteiger partial charge in [0.15, 0.2) is 0 Å². The summed E-state index contributed by atoms with van der Waals surface area (Å²) >= 11 is 0. The maximum atomic E-state index is 12.6. The Hall–Kier alpha value is -1.82. The first-order chi connectivity index (χ1) is 11.9. The zero-order chi connectivity index (χ0) is 19.0. The molecule has 0 bridgehead atoms. The first-order valence-corrected chi connectivity index (χ1v) is 9.02. The van der Waals surface area contributed by atoms with Gasteiger partial charge in [-0.3, -0.25) is 0 Å². The van der Waals surface area contributed by atoms with Crippen LogP contribution in [0.2, 0.25) is 0 Å². The fourth-order valence-electron chi connectivity index (χ4n) is 3.32. The van der Waals surface area contributed by atoms with Crippen LogP contribution in [0.5, 0.6) is 0 Å². The second-order valence-electron chi connectivity index (χ2n) is 6.32. The number of aliphatic hydroxyl groups excluding tert-OH is 1. The van der Waals surface area contributed by atoms with E-state index in [1.54, 1.807) is 13.8 Å². The smallest absolute Gasteiger partial charge is 0.336 e. The summed E-state index contributed by atoms with van der Waals surface area (Å²) in [6.07, 6.45) is 2.31. The average molecular weight is 353 g/mol. The zero-order valence-electron chi connectivity index (χ0n) is 16.0. The summed E-state index contributed by atoms with van der Waals surface area (Å²) in [5.41, 5.74) is 2.41. The molecule has 1 atom stereocenters. The molecule has 6 heteroatoms. The van der Waals surface area contributed by atoms with Crippen molar-refractivity contribution < 1.29 is 24.2 Å². The molecule has 0 saturated heterocycles. The monoisotopic (exact) mass is 353 g/mol. The van der Waals surface area contributed by atoms with Crippen LogP contribution in [0.15, 0.2) is 22.5 Å². The van der Waals surface area contributed by atoms with E-state index in [1.807, 2.05) is 20.8 Å². The van der Waals surface area contributed by atoms with E-state index in [0.29, 0.717) is 29.0 Å². The van der Waals surface area contributed by atoms with Gasteiger partial charge in [-0.2, -0.15) is 0 Å². The summed E-state index contributed by atoms with van der Waals surface area (Å²) in [7, 11) is 0. The van der Waals surface area contributed by atoms with Gasteiger partial charge in [0.1, 0.15) is 0 Å². The van der Waals surface area contributed by atoms with Crippen LogP contribution in [0.4, 0.5) is 0 Å². The Morgan fingerprint density at radius 3 is 1.92 bits per heavy atom. The van der Waals surface area contributed by atoms with Gasteiger partial charge in [-0.15, -0.1) is 0 Å². The lowest BCUT2D eigenvalue weighted by Crippen LogP contribution is -2.36. The molecular formula is C19H31NO5. The van der Waals surface area contributed by atoms with Gasteiger partial charge in [0.25, 0.3) is 0 Å². The summed E-state index contributed by atoms with van der Waals surface area (Å²) in [5.74, 6) is -1.14. The van der Waals surface area contributed by atoms with Gasteiger partial charge in [-0.05, 0) is 46.5 Å². The summed E-state index contributed by atoms with van der Waals surface area (Å²) in [4.78, 5) is 25.1. The first-order valence-electron chi connectivity index (χ1n) is 9.02. The van der Waals surface area contributed by atoms with E-state index in [1.165, 1.54) is 0 Å². The number of carbonyl (C=O) groups excluding carboxylic acids is 2. The van der Waals surface area contributed by atoms with Crippen molar-refractivity contribution in [2.75, 3.05) is 19.8 Å². The molecule has 2 N–H and O–H groups in total. The van der Waals surface area contributed by atoms with Crippen LogP contribution in [0.1, 0.15) is 53.9 Å². The molecule has 0 amide bonds. The van der Waals surface area contributed by atoms with Gasteiger partial charge in [-0.25, -0.2) is 9.59 Å². The maximum absolute atomic E-state index is 12.6. The fraction of sp³-hybridized carbons (Fsp3) is 0.684. The molecule has 0 fully saturated rings. The van der Waals surface area contributed by atoms with Gasteiger partial charge in [-0.1, -0.05) is 13.3 Å². The summed E-state index contributed by atoms with van der Waals surface area (Å²) in [6, 6.07) is 0. The minimum Gasteiger partial charge on any atom is -0.463 e. The van der Waals surface area contributed by atoms with Crippen LogP contribution >= 0.6 is 0 Å². The Morgan fingerprint density at radius 1 is 1.04 bits per heavy atom. The van der Waals surface area contributed by atoms with Gasteiger partial charge in [0, 0.05) is 23.9 Å². The quantitative estimate of drug-likeness (QED) is 0.490. The van der Waals surface area contributed by atoms with Crippen molar-refractivity contribution >= 4 is 11.9 Å². The summed E-state index contributed by atoms with van der Waals surface area (Å²) in [6.45, 7) is 9.88. The largest absolute Gasteiger partial charge is 0.463 e. The van der Waals surface area contributed by atoms with Crippen LogP contribution in [-0.2, 0) is 19.1 Å². The van der Waals surface area contributed by atoms with Gasteiger partial charge in [0.2, 0.25) is 0 Å². The number of esters is 2. The first kappa shape index (κ1) is 21.2. The number of unbranched alkanes of at least 4 members (excludes halogenated alkanes) is 1. The lowest BCUT2D eigenvalue weighted by Gasteiger charge is -2.33. The molecule has 25 heavy (non-hydrogen) atoms. The number of ether oxygens (including phenoxy) is 2. The van der Waals surface area contributed by atoms with E-state index in [9.17, 15) is 9.59 Å². The lowest BCUT2D eigenvalue weighted by atomic mass is 9.75. The molecule has 6 nitrogen and oxygen atoms in total. The van der Waals surface area contributed by atoms with E-state index in [-0.39, 0.29) is 31.7 Å². The number of hydrogen-bond acceptors (Lipinski definition) is 6. The average Bonchev–Trinajstić information content (AvgIpc) is 2.54. The Balaban J connectivity index is 3.26. The second kappa shape index (κ2) is 10.2. The van der Waals surface area contributed by atoms with Crippen molar-refractivity contribution in [2.45, 2.75) is 53.9 Å².